The fourth-order valence-electron chi connectivity index (χ4n) is 2.31. The number of aromatic nitrogens is 2. The lowest BCUT2D eigenvalue weighted by Crippen LogP contribution is -2.24. The minimum atomic E-state index is -3.79. The summed E-state index contributed by atoms with van der Waals surface area (Å²) >= 11 is 0. The Morgan fingerprint density at radius 3 is 2.78 bits per heavy atom. The molecule has 1 amide bonds. The van der Waals surface area contributed by atoms with Crippen LogP contribution in [0.15, 0.2) is 35.6 Å². The maximum Gasteiger partial charge on any atom is 0.267 e. The van der Waals surface area contributed by atoms with Crippen molar-refractivity contribution in [2.45, 2.75) is 11.4 Å². The molecule has 0 spiro atoms. The number of aryl methyl sites for hydroxylation is 1. The molecule has 10 heteroatoms. The molecule has 2 aromatic rings. The molecule has 2 heterocycles. The number of carbonyl (C=O) groups is 1. The molecule has 0 aliphatic rings. The van der Waals surface area contributed by atoms with Gasteiger partial charge in [0.2, 0.25) is 10.0 Å². The highest BCUT2D eigenvalue weighted by atomic mass is 32.2. The van der Waals surface area contributed by atoms with Gasteiger partial charge in [-0.15, -0.1) is 0 Å². The number of pyridine rings is 1. The van der Waals surface area contributed by atoms with Crippen LogP contribution in [0.1, 0.15) is 16.1 Å². The molecule has 9 nitrogen and oxygen atoms in total. The molecule has 2 aromatic heterocycles. The molecule has 2 N–H and O–H groups in total. The van der Waals surface area contributed by atoms with E-state index in [9.17, 15) is 13.2 Å². The number of rotatable bonds is 9. The summed E-state index contributed by atoms with van der Waals surface area (Å²) in [6, 6.07) is 3.04. The number of nitrogens with zero attached hydrogens (tertiary/aromatic N) is 3. The van der Waals surface area contributed by atoms with Crippen molar-refractivity contribution in [2.24, 2.45) is 7.05 Å². The minimum Gasteiger partial charge on any atom is -0.490 e. The van der Waals surface area contributed by atoms with Gasteiger partial charge in [-0.3, -0.25) is 9.78 Å². The number of carbonyl (C=O) groups excluding carboxylic acids is 1. The standard InChI is InChI=1S/C17H25N5O4S/c1-18-17(23)15-9-14(12-22(15)4)27(24,25)20-10-13-5-6-19-11-16(13)26-8-7-21(2)3/h5-6,9,11-12,20H,7-8,10H2,1-4H3,(H,18,23). The van der Waals surface area contributed by atoms with Crippen LogP contribution in [-0.4, -0.2) is 63.1 Å². The van der Waals surface area contributed by atoms with Gasteiger partial charge in [-0.25, -0.2) is 13.1 Å². The van der Waals surface area contributed by atoms with Gasteiger partial charge in [-0.2, -0.15) is 0 Å². The van der Waals surface area contributed by atoms with Crippen LogP contribution in [-0.2, 0) is 23.6 Å². The Morgan fingerprint density at radius 1 is 1.37 bits per heavy atom. The Kier molecular flexibility index (Phi) is 6.94. The van der Waals surface area contributed by atoms with Gasteiger partial charge in [0.1, 0.15) is 22.9 Å². The quantitative estimate of drug-likeness (QED) is 0.628. The van der Waals surface area contributed by atoms with Crippen LogP contribution in [0.3, 0.4) is 0 Å². The molecule has 0 unspecified atom stereocenters. The molecule has 0 bridgehead atoms. The van der Waals surface area contributed by atoms with Crippen molar-refractivity contribution in [2.75, 3.05) is 34.3 Å². The van der Waals surface area contributed by atoms with E-state index in [1.165, 1.54) is 23.9 Å². The molecular formula is C17H25N5O4S. The summed E-state index contributed by atoms with van der Waals surface area (Å²) in [6.45, 7) is 1.24. The second-order valence-corrected chi connectivity index (χ2v) is 7.98. The number of hydrogen-bond acceptors (Lipinski definition) is 6. The van der Waals surface area contributed by atoms with Crippen molar-refractivity contribution in [3.63, 3.8) is 0 Å². The second kappa shape index (κ2) is 8.98. The molecule has 0 atom stereocenters. The SMILES string of the molecule is CNC(=O)c1cc(S(=O)(=O)NCc2ccncc2OCCN(C)C)cn1C. The Hall–Kier alpha value is -2.43. The Bertz CT molecular complexity index is 892. The summed E-state index contributed by atoms with van der Waals surface area (Å²) in [6.07, 6.45) is 4.54. The number of nitrogens with one attached hydrogen (secondary N) is 2. The van der Waals surface area contributed by atoms with Crippen LogP contribution in [0, 0.1) is 0 Å². The van der Waals surface area contributed by atoms with Crippen LogP contribution < -0.4 is 14.8 Å². The van der Waals surface area contributed by atoms with E-state index in [2.05, 4.69) is 15.0 Å². The molecule has 0 radical (unpaired) electrons. The zero-order chi connectivity index (χ0) is 20.0. The molecule has 0 fully saturated rings. The molecule has 2 rings (SSSR count). The largest absolute Gasteiger partial charge is 0.490 e. The summed E-state index contributed by atoms with van der Waals surface area (Å²) in [4.78, 5) is 17.8. The Morgan fingerprint density at radius 2 is 2.11 bits per heavy atom. The maximum atomic E-state index is 12.6. The highest BCUT2D eigenvalue weighted by Crippen LogP contribution is 2.18. The fourth-order valence-corrected chi connectivity index (χ4v) is 3.39. The molecular weight excluding hydrogens is 370 g/mol. The van der Waals surface area contributed by atoms with Crippen molar-refractivity contribution in [1.82, 2.24) is 24.5 Å². The third-order valence-electron chi connectivity index (χ3n) is 3.87. The summed E-state index contributed by atoms with van der Waals surface area (Å²) in [5.74, 6) is 0.172. The van der Waals surface area contributed by atoms with Crippen molar-refractivity contribution in [3.05, 3.63) is 42.0 Å². The van der Waals surface area contributed by atoms with E-state index >= 15 is 0 Å². The first-order chi connectivity index (χ1) is 12.7. The molecule has 27 heavy (non-hydrogen) atoms. The fraction of sp³-hybridized carbons (Fsp3) is 0.412. The third-order valence-corrected chi connectivity index (χ3v) is 5.24. The molecule has 0 aromatic carbocycles. The Labute approximate surface area is 159 Å². The van der Waals surface area contributed by atoms with E-state index in [0.717, 1.165) is 6.54 Å². The first-order valence-corrected chi connectivity index (χ1v) is 9.81. The number of likely N-dealkylation sites (N-methyl/N-ethyl adjacent to an activating group) is 1. The van der Waals surface area contributed by atoms with Crippen LogP contribution in [0.5, 0.6) is 5.75 Å². The number of amides is 1. The van der Waals surface area contributed by atoms with Gasteiger partial charge in [-0.05, 0) is 26.2 Å². The summed E-state index contributed by atoms with van der Waals surface area (Å²) < 4.78 is 34.9. The predicted octanol–water partition coefficient (Wildman–Crippen LogP) is 0.199. The second-order valence-electron chi connectivity index (χ2n) is 6.21. The topological polar surface area (TPSA) is 106 Å². The first kappa shape index (κ1) is 20.9. The molecule has 0 saturated carbocycles. The monoisotopic (exact) mass is 395 g/mol. The van der Waals surface area contributed by atoms with Gasteiger partial charge in [0.05, 0.1) is 6.20 Å². The van der Waals surface area contributed by atoms with Gasteiger partial charge in [0, 0.05) is 45.1 Å². The van der Waals surface area contributed by atoms with Crippen molar-refractivity contribution >= 4 is 15.9 Å². The summed E-state index contributed by atoms with van der Waals surface area (Å²) in [5.41, 5.74) is 0.935. The van der Waals surface area contributed by atoms with E-state index in [1.807, 2.05) is 19.0 Å². The number of sulfonamides is 1. The van der Waals surface area contributed by atoms with E-state index in [-0.39, 0.29) is 23.0 Å². The summed E-state index contributed by atoms with van der Waals surface area (Å²) in [5, 5.41) is 2.48. The van der Waals surface area contributed by atoms with Gasteiger partial charge in [0.15, 0.2) is 0 Å². The predicted molar refractivity (Wildman–Crippen MR) is 101 cm³/mol. The third kappa shape index (κ3) is 5.52. The number of ether oxygens (including phenoxy) is 1. The molecule has 148 valence electrons. The van der Waals surface area contributed by atoms with E-state index in [0.29, 0.717) is 17.9 Å². The van der Waals surface area contributed by atoms with Crippen molar-refractivity contribution < 1.29 is 17.9 Å². The van der Waals surface area contributed by atoms with Gasteiger partial charge in [-0.1, -0.05) is 0 Å². The lowest BCUT2D eigenvalue weighted by molar-refractivity contribution is 0.0955. The van der Waals surface area contributed by atoms with Crippen LogP contribution in [0.2, 0.25) is 0 Å². The zero-order valence-corrected chi connectivity index (χ0v) is 16.7. The van der Waals surface area contributed by atoms with E-state index < -0.39 is 10.0 Å². The zero-order valence-electron chi connectivity index (χ0n) is 15.9. The Balaban J connectivity index is 2.11. The van der Waals surface area contributed by atoms with Crippen LogP contribution in [0.25, 0.3) is 0 Å². The maximum absolute atomic E-state index is 12.6. The van der Waals surface area contributed by atoms with Gasteiger partial charge >= 0.3 is 0 Å². The number of hydrogen-bond donors (Lipinski definition) is 2. The van der Waals surface area contributed by atoms with Crippen molar-refractivity contribution in [3.8, 4) is 5.75 Å². The smallest absolute Gasteiger partial charge is 0.267 e. The lowest BCUT2D eigenvalue weighted by atomic mass is 10.2. The van der Waals surface area contributed by atoms with Crippen LogP contribution >= 0.6 is 0 Å². The average molecular weight is 395 g/mol. The average Bonchev–Trinajstić information content (AvgIpc) is 3.02. The molecule has 0 aliphatic heterocycles. The highest BCUT2D eigenvalue weighted by molar-refractivity contribution is 7.89. The van der Waals surface area contributed by atoms with Gasteiger partial charge < -0.3 is 19.5 Å². The van der Waals surface area contributed by atoms with E-state index in [4.69, 9.17) is 4.74 Å². The molecule has 0 aliphatic carbocycles. The van der Waals surface area contributed by atoms with Crippen molar-refractivity contribution in [1.29, 1.82) is 0 Å². The lowest BCUT2D eigenvalue weighted by Gasteiger charge is -2.14. The summed E-state index contributed by atoms with van der Waals surface area (Å²) in [7, 11) is 3.19. The normalized spacial score (nSPS) is 11.6. The highest BCUT2D eigenvalue weighted by Gasteiger charge is 2.20. The van der Waals surface area contributed by atoms with E-state index in [1.54, 1.807) is 25.5 Å². The minimum absolute atomic E-state index is 0.0210. The first-order valence-electron chi connectivity index (χ1n) is 8.33. The van der Waals surface area contributed by atoms with Gasteiger partial charge in [0.25, 0.3) is 5.91 Å². The van der Waals surface area contributed by atoms with Crippen LogP contribution in [0.4, 0.5) is 0 Å². The molecule has 0 saturated heterocycles.